The van der Waals surface area contributed by atoms with Crippen molar-refractivity contribution in [3.63, 3.8) is 0 Å². The fraction of sp³-hybridized carbons (Fsp3) is 0.571. The highest BCUT2D eigenvalue weighted by molar-refractivity contribution is 5.40. The maximum Gasteiger partial charge on any atom is 0.123 e. The number of methoxy groups -OCH3 is 1. The van der Waals surface area contributed by atoms with Gasteiger partial charge in [0.1, 0.15) is 11.6 Å². The zero-order valence-corrected chi connectivity index (χ0v) is 10.1. The second kappa shape index (κ2) is 4.30. The number of benzene rings is 1. The van der Waals surface area contributed by atoms with E-state index >= 15 is 0 Å². The summed E-state index contributed by atoms with van der Waals surface area (Å²) in [7, 11) is 1.65. The van der Waals surface area contributed by atoms with Crippen LogP contribution in [0.5, 0.6) is 5.75 Å². The van der Waals surface area contributed by atoms with Crippen molar-refractivity contribution >= 4 is 0 Å². The molecule has 2 aliphatic rings. The van der Waals surface area contributed by atoms with E-state index in [1.165, 1.54) is 18.9 Å². The molecule has 3 heteroatoms. The second-order valence-electron chi connectivity index (χ2n) is 5.17. The van der Waals surface area contributed by atoms with Crippen LogP contribution in [0.4, 0.5) is 4.39 Å². The number of hydrogen-bond donors (Lipinski definition) is 1. The predicted molar refractivity (Wildman–Crippen MR) is 64.8 cm³/mol. The molecule has 0 bridgehead atoms. The summed E-state index contributed by atoms with van der Waals surface area (Å²) in [5.41, 5.74) is 1.04. The summed E-state index contributed by atoms with van der Waals surface area (Å²) in [6.07, 6.45) is 3.79. The van der Waals surface area contributed by atoms with E-state index in [0.717, 1.165) is 30.3 Å². The standard InChI is InChI=1S/C14H18FNO/c1-17-14-5-2-10(15)7-13(14)12-6-9(12)8-16-11-3-4-11/h2,5,7,9,11-12,16H,3-4,6,8H2,1H3. The van der Waals surface area contributed by atoms with Gasteiger partial charge < -0.3 is 10.1 Å². The van der Waals surface area contributed by atoms with Gasteiger partial charge in [-0.15, -0.1) is 0 Å². The number of halogens is 1. The van der Waals surface area contributed by atoms with Crippen LogP contribution < -0.4 is 10.1 Å². The number of hydrogen-bond acceptors (Lipinski definition) is 2. The quantitative estimate of drug-likeness (QED) is 0.847. The van der Waals surface area contributed by atoms with Gasteiger partial charge in [0, 0.05) is 11.6 Å². The SMILES string of the molecule is COc1ccc(F)cc1C1CC1CNC1CC1. The van der Waals surface area contributed by atoms with E-state index in [1.807, 2.05) is 0 Å². The first-order valence-corrected chi connectivity index (χ1v) is 6.34. The van der Waals surface area contributed by atoms with E-state index in [-0.39, 0.29) is 5.82 Å². The monoisotopic (exact) mass is 235 g/mol. The average Bonchev–Trinajstić information content (AvgIpc) is 3.21. The van der Waals surface area contributed by atoms with Gasteiger partial charge >= 0.3 is 0 Å². The van der Waals surface area contributed by atoms with Crippen LogP contribution in [0.3, 0.4) is 0 Å². The van der Waals surface area contributed by atoms with Crippen LogP contribution in [0, 0.1) is 11.7 Å². The largest absolute Gasteiger partial charge is 0.496 e. The molecule has 0 radical (unpaired) electrons. The van der Waals surface area contributed by atoms with Gasteiger partial charge in [-0.3, -0.25) is 0 Å². The van der Waals surface area contributed by atoms with Crippen molar-refractivity contribution in [1.29, 1.82) is 0 Å². The Balaban J connectivity index is 1.65. The van der Waals surface area contributed by atoms with Gasteiger partial charge in [0.2, 0.25) is 0 Å². The lowest BCUT2D eigenvalue weighted by Gasteiger charge is -2.08. The second-order valence-corrected chi connectivity index (χ2v) is 5.17. The molecule has 2 saturated carbocycles. The van der Waals surface area contributed by atoms with E-state index in [1.54, 1.807) is 19.2 Å². The van der Waals surface area contributed by atoms with Gasteiger partial charge in [-0.2, -0.15) is 0 Å². The Morgan fingerprint density at radius 2 is 2.24 bits per heavy atom. The summed E-state index contributed by atoms with van der Waals surface area (Å²) in [4.78, 5) is 0. The third kappa shape index (κ3) is 2.44. The molecule has 1 aromatic carbocycles. The lowest BCUT2D eigenvalue weighted by atomic mass is 10.1. The van der Waals surface area contributed by atoms with Gasteiger partial charge in [0.25, 0.3) is 0 Å². The molecule has 0 aromatic heterocycles. The van der Waals surface area contributed by atoms with E-state index in [4.69, 9.17) is 4.74 Å². The van der Waals surface area contributed by atoms with E-state index < -0.39 is 0 Å². The van der Waals surface area contributed by atoms with Crippen LogP contribution in [0.1, 0.15) is 30.7 Å². The van der Waals surface area contributed by atoms with E-state index in [9.17, 15) is 4.39 Å². The molecule has 2 fully saturated rings. The molecular formula is C14H18FNO. The van der Waals surface area contributed by atoms with Crippen LogP contribution in [0.25, 0.3) is 0 Å². The zero-order chi connectivity index (χ0) is 11.8. The molecule has 2 nitrogen and oxygen atoms in total. The first kappa shape index (κ1) is 11.0. The lowest BCUT2D eigenvalue weighted by molar-refractivity contribution is 0.407. The molecule has 0 heterocycles. The summed E-state index contributed by atoms with van der Waals surface area (Å²) in [5, 5.41) is 3.54. The maximum atomic E-state index is 13.3. The average molecular weight is 235 g/mol. The molecule has 2 atom stereocenters. The number of rotatable bonds is 5. The Morgan fingerprint density at radius 1 is 1.41 bits per heavy atom. The Morgan fingerprint density at radius 3 is 2.94 bits per heavy atom. The first-order valence-electron chi connectivity index (χ1n) is 6.34. The fourth-order valence-corrected chi connectivity index (χ4v) is 2.45. The molecule has 0 aliphatic heterocycles. The lowest BCUT2D eigenvalue weighted by Crippen LogP contribution is -2.19. The summed E-state index contributed by atoms with van der Waals surface area (Å²) in [6.45, 7) is 1.06. The first-order chi connectivity index (χ1) is 8.28. The van der Waals surface area contributed by atoms with Gasteiger partial charge in [0.05, 0.1) is 7.11 Å². The highest BCUT2D eigenvalue weighted by Crippen LogP contribution is 2.50. The summed E-state index contributed by atoms with van der Waals surface area (Å²) >= 11 is 0. The topological polar surface area (TPSA) is 21.3 Å². The Labute approximate surface area is 101 Å². The molecule has 0 spiro atoms. The van der Waals surface area contributed by atoms with Gasteiger partial charge in [-0.25, -0.2) is 4.39 Å². The van der Waals surface area contributed by atoms with Crippen molar-refractivity contribution in [2.75, 3.05) is 13.7 Å². The van der Waals surface area contributed by atoms with Crippen molar-refractivity contribution < 1.29 is 9.13 Å². The highest BCUT2D eigenvalue weighted by atomic mass is 19.1. The van der Waals surface area contributed by atoms with Crippen molar-refractivity contribution in [3.05, 3.63) is 29.6 Å². The Hall–Kier alpha value is -1.09. The number of ether oxygens (including phenoxy) is 1. The van der Waals surface area contributed by atoms with E-state index in [2.05, 4.69) is 5.32 Å². The minimum absolute atomic E-state index is 0.165. The van der Waals surface area contributed by atoms with Crippen LogP contribution in [0.15, 0.2) is 18.2 Å². The minimum atomic E-state index is -0.165. The molecule has 92 valence electrons. The van der Waals surface area contributed by atoms with Crippen LogP contribution >= 0.6 is 0 Å². The van der Waals surface area contributed by atoms with Crippen molar-refractivity contribution in [3.8, 4) is 5.75 Å². The summed E-state index contributed by atoms with van der Waals surface area (Å²) in [6, 6.07) is 5.57. The molecule has 0 amide bonds. The molecule has 3 rings (SSSR count). The Kier molecular flexibility index (Phi) is 2.79. The minimum Gasteiger partial charge on any atom is -0.496 e. The molecule has 2 aliphatic carbocycles. The van der Waals surface area contributed by atoms with Crippen LogP contribution in [-0.4, -0.2) is 19.7 Å². The van der Waals surface area contributed by atoms with Gasteiger partial charge in [0.15, 0.2) is 0 Å². The zero-order valence-electron chi connectivity index (χ0n) is 10.1. The fourth-order valence-electron chi connectivity index (χ4n) is 2.45. The normalized spacial score (nSPS) is 26.9. The van der Waals surface area contributed by atoms with Gasteiger partial charge in [-0.05, 0) is 55.8 Å². The predicted octanol–water partition coefficient (Wildman–Crippen LogP) is 2.69. The number of nitrogens with one attached hydrogen (secondary N) is 1. The molecule has 1 aromatic rings. The Bertz CT molecular complexity index is 417. The van der Waals surface area contributed by atoms with E-state index in [0.29, 0.717) is 11.8 Å². The van der Waals surface area contributed by atoms with Crippen molar-refractivity contribution in [1.82, 2.24) is 5.32 Å². The van der Waals surface area contributed by atoms with Crippen molar-refractivity contribution in [2.45, 2.75) is 31.2 Å². The molecular weight excluding hydrogens is 217 g/mol. The maximum absolute atomic E-state index is 13.3. The summed E-state index contributed by atoms with van der Waals surface area (Å²) in [5.74, 6) is 1.80. The molecule has 0 saturated heterocycles. The molecule has 2 unspecified atom stereocenters. The third-order valence-electron chi connectivity index (χ3n) is 3.76. The molecule has 17 heavy (non-hydrogen) atoms. The molecule has 1 N–H and O–H groups in total. The summed E-state index contributed by atoms with van der Waals surface area (Å²) < 4.78 is 18.6. The van der Waals surface area contributed by atoms with Crippen LogP contribution in [-0.2, 0) is 0 Å². The highest BCUT2D eigenvalue weighted by Gasteiger charge is 2.40. The van der Waals surface area contributed by atoms with Crippen LogP contribution in [0.2, 0.25) is 0 Å². The van der Waals surface area contributed by atoms with Crippen molar-refractivity contribution in [2.24, 2.45) is 5.92 Å². The smallest absolute Gasteiger partial charge is 0.123 e. The van der Waals surface area contributed by atoms with Gasteiger partial charge in [-0.1, -0.05) is 0 Å². The third-order valence-corrected chi connectivity index (χ3v) is 3.76.